The predicted octanol–water partition coefficient (Wildman–Crippen LogP) is 3.87. The smallest absolute Gasteiger partial charge is 0.407 e. The minimum atomic E-state index is -0.168. The first-order valence-electron chi connectivity index (χ1n) is 8.16. The third-order valence-electron chi connectivity index (χ3n) is 5.34. The topological polar surface area (TPSA) is 38.3 Å². The van der Waals surface area contributed by atoms with Crippen LogP contribution in [-0.4, -0.2) is 18.2 Å². The van der Waals surface area contributed by atoms with Gasteiger partial charge in [-0.3, -0.25) is 0 Å². The van der Waals surface area contributed by atoms with Gasteiger partial charge in [0.2, 0.25) is 0 Å². The van der Waals surface area contributed by atoms with Gasteiger partial charge in [0.1, 0.15) is 5.60 Å². The molecule has 0 atom stereocenters. The summed E-state index contributed by atoms with van der Waals surface area (Å²) in [6, 6.07) is 0. The van der Waals surface area contributed by atoms with Gasteiger partial charge in [-0.1, -0.05) is 19.8 Å². The van der Waals surface area contributed by atoms with Crippen molar-refractivity contribution in [3.05, 3.63) is 0 Å². The Balaban J connectivity index is 1.50. The van der Waals surface area contributed by atoms with Gasteiger partial charge in [-0.15, -0.1) is 0 Å². The second-order valence-electron chi connectivity index (χ2n) is 7.12. The molecule has 0 heterocycles. The molecule has 3 heteroatoms. The zero-order valence-corrected chi connectivity index (χ0v) is 12.1. The lowest BCUT2D eigenvalue weighted by atomic mass is 9.54. The van der Waals surface area contributed by atoms with Gasteiger partial charge < -0.3 is 10.1 Å². The minimum Gasteiger partial charge on any atom is -0.443 e. The third-order valence-corrected chi connectivity index (χ3v) is 5.34. The molecule has 108 valence electrons. The fourth-order valence-corrected chi connectivity index (χ4v) is 4.95. The van der Waals surface area contributed by atoms with E-state index in [4.69, 9.17) is 4.74 Å². The van der Waals surface area contributed by atoms with Gasteiger partial charge >= 0.3 is 6.09 Å². The Kier molecular flexibility index (Phi) is 3.72. The van der Waals surface area contributed by atoms with E-state index in [1.807, 2.05) is 0 Å². The van der Waals surface area contributed by atoms with Crippen LogP contribution >= 0.6 is 0 Å². The Bertz CT molecular complexity index is 304. The van der Waals surface area contributed by atoms with Crippen LogP contribution in [0.1, 0.15) is 64.7 Å². The lowest BCUT2D eigenvalue weighted by Gasteiger charge is -2.55. The van der Waals surface area contributed by atoms with E-state index in [1.54, 1.807) is 0 Å². The highest BCUT2D eigenvalue weighted by molar-refractivity contribution is 5.67. The van der Waals surface area contributed by atoms with Gasteiger partial charge in [0, 0.05) is 6.54 Å². The van der Waals surface area contributed by atoms with Crippen molar-refractivity contribution in [2.75, 3.05) is 6.54 Å². The van der Waals surface area contributed by atoms with Gasteiger partial charge in [-0.2, -0.15) is 0 Å². The molecule has 0 aromatic carbocycles. The summed E-state index contributed by atoms with van der Waals surface area (Å²) in [6.45, 7) is 2.94. The maximum atomic E-state index is 12.0. The van der Waals surface area contributed by atoms with Gasteiger partial charge in [0.05, 0.1) is 0 Å². The second-order valence-corrected chi connectivity index (χ2v) is 7.12. The first kappa shape index (κ1) is 13.3. The zero-order valence-electron chi connectivity index (χ0n) is 12.1. The van der Waals surface area contributed by atoms with E-state index in [9.17, 15) is 4.79 Å². The van der Waals surface area contributed by atoms with E-state index in [0.29, 0.717) is 0 Å². The second kappa shape index (κ2) is 5.34. The van der Waals surface area contributed by atoms with Crippen molar-refractivity contribution in [2.45, 2.75) is 70.3 Å². The molecule has 0 unspecified atom stereocenters. The van der Waals surface area contributed by atoms with Crippen LogP contribution in [0.25, 0.3) is 0 Å². The highest BCUT2D eigenvalue weighted by atomic mass is 16.6. The number of unbranched alkanes of at least 4 members (excludes halogenated alkanes) is 2. The summed E-state index contributed by atoms with van der Waals surface area (Å²) in [7, 11) is 0. The van der Waals surface area contributed by atoms with Crippen molar-refractivity contribution in [1.82, 2.24) is 5.32 Å². The lowest BCUT2D eigenvalue weighted by molar-refractivity contribution is -0.127. The van der Waals surface area contributed by atoms with Crippen LogP contribution < -0.4 is 5.32 Å². The van der Waals surface area contributed by atoms with Crippen molar-refractivity contribution in [2.24, 2.45) is 17.8 Å². The van der Waals surface area contributed by atoms with Crippen LogP contribution in [0.2, 0.25) is 0 Å². The highest BCUT2D eigenvalue weighted by Crippen LogP contribution is 2.57. The molecule has 0 radical (unpaired) electrons. The van der Waals surface area contributed by atoms with Crippen molar-refractivity contribution < 1.29 is 9.53 Å². The maximum Gasteiger partial charge on any atom is 0.407 e. The number of rotatable bonds is 5. The third kappa shape index (κ3) is 2.90. The molecular weight excluding hydrogens is 238 g/mol. The van der Waals surface area contributed by atoms with E-state index >= 15 is 0 Å². The number of amides is 1. The Morgan fingerprint density at radius 1 is 1.11 bits per heavy atom. The van der Waals surface area contributed by atoms with E-state index < -0.39 is 0 Å². The molecule has 0 aromatic rings. The number of ether oxygens (including phenoxy) is 1. The summed E-state index contributed by atoms with van der Waals surface area (Å²) in [5.74, 6) is 2.50. The van der Waals surface area contributed by atoms with E-state index in [-0.39, 0.29) is 11.7 Å². The van der Waals surface area contributed by atoms with Gasteiger partial charge in [0.15, 0.2) is 0 Å². The lowest BCUT2D eigenvalue weighted by Crippen LogP contribution is -2.53. The van der Waals surface area contributed by atoms with E-state index in [2.05, 4.69) is 12.2 Å². The van der Waals surface area contributed by atoms with Gasteiger partial charge in [0.25, 0.3) is 0 Å². The predicted molar refractivity (Wildman–Crippen MR) is 74.9 cm³/mol. The molecule has 4 aliphatic rings. The number of hydrogen-bond donors (Lipinski definition) is 1. The van der Waals surface area contributed by atoms with Crippen LogP contribution in [0, 0.1) is 17.8 Å². The monoisotopic (exact) mass is 265 g/mol. The fourth-order valence-electron chi connectivity index (χ4n) is 4.95. The first-order valence-corrected chi connectivity index (χ1v) is 8.16. The Hall–Kier alpha value is -0.730. The van der Waals surface area contributed by atoms with Crippen molar-refractivity contribution in [1.29, 1.82) is 0 Å². The van der Waals surface area contributed by atoms with Crippen LogP contribution in [0.4, 0.5) is 4.79 Å². The molecule has 4 bridgehead atoms. The van der Waals surface area contributed by atoms with Gasteiger partial charge in [-0.25, -0.2) is 4.79 Å². The average Bonchev–Trinajstić information content (AvgIpc) is 2.32. The van der Waals surface area contributed by atoms with Crippen LogP contribution in [0.15, 0.2) is 0 Å². The Morgan fingerprint density at radius 3 is 2.21 bits per heavy atom. The molecule has 4 saturated carbocycles. The maximum absolute atomic E-state index is 12.0. The first-order chi connectivity index (χ1) is 9.19. The summed E-state index contributed by atoms with van der Waals surface area (Å²) in [6.07, 6.45) is 10.8. The quantitative estimate of drug-likeness (QED) is 0.766. The molecule has 19 heavy (non-hydrogen) atoms. The highest BCUT2D eigenvalue weighted by Gasteiger charge is 2.53. The summed E-state index contributed by atoms with van der Waals surface area (Å²) < 4.78 is 5.88. The molecule has 0 spiro atoms. The zero-order chi connectivity index (χ0) is 13.3. The average molecular weight is 265 g/mol. The van der Waals surface area contributed by atoms with Crippen LogP contribution in [0.5, 0.6) is 0 Å². The number of hydrogen-bond acceptors (Lipinski definition) is 2. The Morgan fingerprint density at radius 2 is 1.68 bits per heavy atom. The van der Waals surface area contributed by atoms with Crippen molar-refractivity contribution in [3.63, 3.8) is 0 Å². The molecule has 1 amide bonds. The number of carbonyl (C=O) groups excluding carboxylic acids is 1. The number of alkyl carbamates (subject to hydrolysis) is 1. The summed E-state index contributed by atoms with van der Waals surface area (Å²) in [4.78, 5) is 12.0. The number of carbonyl (C=O) groups is 1. The summed E-state index contributed by atoms with van der Waals surface area (Å²) in [5.41, 5.74) is -0.0937. The summed E-state index contributed by atoms with van der Waals surface area (Å²) in [5, 5.41) is 2.93. The van der Waals surface area contributed by atoms with E-state index in [0.717, 1.165) is 50.0 Å². The molecule has 4 rings (SSSR count). The SMILES string of the molecule is CCCCCNC(=O)OC12CC3CC(CC(C3)C1)C2. The molecule has 0 saturated heterocycles. The molecule has 4 aliphatic carbocycles. The molecule has 4 fully saturated rings. The fraction of sp³-hybridized carbons (Fsp3) is 0.938. The molecule has 0 aromatic heterocycles. The van der Waals surface area contributed by atoms with Gasteiger partial charge in [-0.05, 0) is 62.7 Å². The number of nitrogens with one attached hydrogen (secondary N) is 1. The molecule has 3 nitrogen and oxygen atoms in total. The molecule has 1 N–H and O–H groups in total. The van der Waals surface area contributed by atoms with Crippen LogP contribution in [-0.2, 0) is 4.74 Å². The van der Waals surface area contributed by atoms with Crippen LogP contribution in [0.3, 0.4) is 0 Å². The largest absolute Gasteiger partial charge is 0.443 e. The van der Waals surface area contributed by atoms with E-state index in [1.165, 1.54) is 32.1 Å². The van der Waals surface area contributed by atoms with Crippen molar-refractivity contribution in [3.8, 4) is 0 Å². The molecular formula is C16H27NO2. The van der Waals surface area contributed by atoms with Crippen molar-refractivity contribution >= 4 is 6.09 Å². The molecule has 0 aliphatic heterocycles. The Labute approximate surface area is 116 Å². The summed E-state index contributed by atoms with van der Waals surface area (Å²) >= 11 is 0. The minimum absolute atomic E-state index is 0.0937. The normalized spacial score (nSPS) is 39.3. The standard InChI is InChI=1S/C16H27NO2/c1-2-3-4-5-17-15(18)19-16-9-12-6-13(10-16)8-14(7-12)11-16/h12-14H,2-11H2,1H3,(H,17,18).